The minimum atomic E-state index is 0.692. The second-order valence-electron chi connectivity index (χ2n) is 2.75. The number of nitrogens with zero attached hydrogens (tertiary/aromatic N) is 2. The fourth-order valence-corrected chi connectivity index (χ4v) is 1.49. The predicted octanol–water partition coefficient (Wildman–Crippen LogP) is 2.00. The van der Waals surface area contributed by atoms with E-state index in [1.807, 2.05) is 19.9 Å². The highest BCUT2D eigenvalue weighted by Crippen LogP contribution is 2.11. The highest BCUT2D eigenvalue weighted by Gasteiger charge is 1.98. The van der Waals surface area contributed by atoms with Gasteiger partial charge >= 0.3 is 0 Å². The van der Waals surface area contributed by atoms with Gasteiger partial charge in [-0.1, -0.05) is 0 Å². The van der Waals surface area contributed by atoms with Crippen molar-refractivity contribution in [1.29, 1.82) is 0 Å². The summed E-state index contributed by atoms with van der Waals surface area (Å²) in [7, 11) is 0. The Morgan fingerprint density at radius 1 is 1.50 bits per heavy atom. The lowest BCUT2D eigenvalue weighted by atomic mass is 10.5. The lowest BCUT2D eigenvalue weighted by molar-refractivity contribution is 0.158. The zero-order valence-corrected chi connectivity index (χ0v) is 9.97. The van der Waals surface area contributed by atoms with Gasteiger partial charge in [-0.2, -0.15) is 0 Å². The van der Waals surface area contributed by atoms with Crippen LogP contribution in [0, 0.1) is 6.92 Å². The van der Waals surface area contributed by atoms with Gasteiger partial charge in [0.2, 0.25) is 0 Å². The molecule has 0 bridgehead atoms. The van der Waals surface area contributed by atoms with Crippen LogP contribution >= 0.6 is 15.9 Å². The molecule has 0 aliphatic carbocycles. The molecule has 1 aromatic rings. The quantitative estimate of drug-likeness (QED) is 0.649. The zero-order valence-electron chi connectivity index (χ0n) is 8.38. The summed E-state index contributed by atoms with van der Waals surface area (Å²) < 4.78 is 5.99. The van der Waals surface area contributed by atoms with Crippen molar-refractivity contribution in [2.45, 2.75) is 13.8 Å². The molecule has 5 heteroatoms. The van der Waals surface area contributed by atoms with Crippen LogP contribution in [0.2, 0.25) is 0 Å². The number of ether oxygens (including phenoxy) is 1. The van der Waals surface area contributed by atoms with E-state index in [9.17, 15) is 0 Å². The van der Waals surface area contributed by atoms with Crippen LogP contribution < -0.4 is 5.32 Å². The van der Waals surface area contributed by atoms with E-state index in [1.165, 1.54) is 0 Å². The Balaban J connectivity index is 2.42. The number of nitrogens with one attached hydrogen (secondary N) is 1. The molecule has 1 heterocycles. The minimum absolute atomic E-state index is 0.692. The van der Waals surface area contributed by atoms with Crippen molar-refractivity contribution in [2.75, 3.05) is 25.1 Å². The number of halogens is 1. The third kappa shape index (κ3) is 4.02. The van der Waals surface area contributed by atoms with Crippen LogP contribution in [0.1, 0.15) is 12.7 Å². The maximum Gasteiger partial charge on any atom is 0.130 e. The van der Waals surface area contributed by atoms with E-state index in [-0.39, 0.29) is 0 Å². The molecule has 0 amide bonds. The van der Waals surface area contributed by atoms with Crippen LogP contribution in [-0.2, 0) is 4.74 Å². The van der Waals surface area contributed by atoms with E-state index in [0.717, 1.165) is 29.4 Å². The molecule has 4 nitrogen and oxygen atoms in total. The fraction of sp³-hybridized carbons (Fsp3) is 0.556. The van der Waals surface area contributed by atoms with Gasteiger partial charge in [0.25, 0.3) is 0 Å². The number of rotatable bonds is 5. The second-order valence-corrected chi connectivity index (χ2v) is 3.56. The Hall–Kier alpha value is -0.680. The first-order chi connectivity index (χ1) is 6.72. The fourth-order valence-electron chi connectivity index (χ4n) is 1.02. The minimum Gasteiger partial charge on any atom is -0.380 e. The third-order valence-electron chi connectivity index (χ3n) is 1.56. The molecule has 0 aromatic carbocycles. The van der Waals surface area contributed by atoms with Crippen LogP contribution in [0.5, 0.6) is 0 Å². The van der Waals surface area contributed by atoms with Crippen molar-refractivity contribution in [1.82, 2.24) is 9.97 Å². The first kappa shape index (κ1) is 11.4. The molecule has 0 aliphatic heterocycles. The van der Waals surface area contributed by atoms with Gasteiger partial charge in [0.1, 0.15) is 16.2 Å². The van der Waals surface area contributed by atoms with E-state index < -0.39 is 0 Å². The zero-order chi connectivity index (χ0) is 10.4. The highest BCUT2D eigenvalue weighted by molar-refractivity contribution is 9.10. The molecular weight excluding hydrogens is 246 g/mol. The van der Waals surface area contributed by atoms with Crippen molar-refractivity contribution in [3.05, 3.63) is 16.5 Å². The maximum absolute atomic E-state index is 5.20. The van der Waals surface area contributed by atoms with Crippen LogP contribution in [-0.4, -0.2) is 29.7 Å². The number of aromatic nitrogens is 2. The molecule has 78 valence electrons. The van der Waals surface area contributed by atoms with Crippen molar-refractivity contribution >= 4 is 21.7 Å². The molecule has 0 unspecified atom stereocenters. The lowest BCUT2D eigenvalue weighted by Gasteiger charge is -2.06. The topological polar surface area (TPSA) is 47.0 Å². The van der Waals surface area contributed by atoms with Crippen molar-refractivity contribution in [2.24, 2.45) is 0 Å². The molecule has 0 saturated heterocycles. The van der Waals surface area contributed by atoms with Gasteiger partial charge in [0, 0.05) is 19.2 Å². The Labute approximate surface area is 92.2 Å². The lowest BCUT2D eigenvalue weighted by Crippen LogP contribution is -2.10. The third-order valence-corrected chi connectivity index (χ3v) is 1.97. The van der Waals surface area contributed by atoms with Gasteiger partial charge in [0.15, 0.2) is 0 Å². The van der Waals surface area contributed by atoms with Crippen molar-refractivity contribution < 1.29 is 4.74 Å². The molecule has 1 rings (SSSR count). The van der Waals surface area contributed by atoms with E-state index in [1.54, 1.807) is 0 Å². The summed E-state index contributed by atoms with van der Waals surface area (Å²) in [5.41, 5.74) is 0. The molecule has 1 N–H and O–H groups in total. The number of anilines is 1. The number of hydrogen-bond acceptors (Lipinski definition) is 4. The van der Waals surface area contributed by atoms with Crippen LogP contribution in [0.25, 0.3) is 0 Å². The summed E-state index contributed by atoms with van der Waals surface area (Å²) in [4.78, 5) is 8.34. The second kappa shape index (κ2) is 5.93. The summed E-state index contributed by atoms with van der Waals surface area (Å²) in [5, 5.41) is 3.16. The molecule has 0 atom stereocenters. The molecular formula is C9H14BrN3O. The molecule has 1 aromatic heterocycles. The summed E-state index contributed by atoms with van der Waals surface area (Å²) in [6.45, 7) is 6.03. The summed E-state index contributed by atoms with van der Waals surface area (Å²) in [6.07, 6.45) is 0. The molecule has 0 fully saturated rings. The molecule has 14 heavy (non-hydrogen) atoms. The van der Waals surface area contributed by atoms with Crippen LogP contribution in [0.4, 0.5) is 5.82 Å². The van der Waals surface area contributed by atoms with E-state index in [0.29, 0.717) is 6.61 Å². The summed E-state index contributed by atoms with van der Waals surface area (Å²) in [6, 6.07) is 1.85. The van der Waals surface area contributed by atoms with Gasteiger partial charge in [-0.3, -0.25) is 0 Å². The van der Waals surface area contributed by atoms with E-state index in [4.69, 9.17) is 4.74 Å². The molecule has 0 saturated carbocycles. The normalized spacial score (nSPS) is 10.2. The van der Waals surface area contributed by atoms with Gasteiger partial charge in [-0.25, -0.2) is 9.97 Å². The Bertz CT molecular complexity index is 273. The Morgan fingerprint density at radius 2 is 2.29 bits per heavy atom. The van der Waals surface area contributed by atoms with Crippen LogP contribution in [0.3, 0.4) is 0 Å². The summed E-state index contributed by atoms with van der Waals surface area (Å²) in [5.74, 6) is 1.57. The van der Waals surface area contributed by atoms with Gasteiger partial charge in [-0.05, 0) is 29.8 Å². The van der Waals surface area contributed by atoms with Gasteiger partial charge < -0.3 is 10.1 Å². The molecule has 0 radical (unpaired) electrons. The average molecular weight is 260 g/mol. The van der Waals surface area contributed by atoms with Gasteiger partial charge in [0.05, 0.1) is 6.61 Å². The van der Waals surface area contributed by atoms with Gasteiger partial charge in [-0.15, -0.1) is 0 Å². The molecule has 0 aliphatic rings. The first-order valence-corrected chi connectivity index (χ1v) is 5.34. The standard InChI is InChI=1S/C9H14BrN3O/c1-3-14-5-4-11-9-6-8(10)12-7(2)13-9/h6H,3-5H2,1-2H3,(H,11,12,13). The van der Waals surface area contributed by atoms with Crippen LogP contribution in [0.15, 0.2) is 10.7 Å². The van der Waals surface area contributed by atoms with Crippen molar-refractivity contribution in [3.63, 3.8) is 0 Å². The Morgan fingerprint density at radius 3 is 2.93 bits per heavy atom. The smallest absolute Gasteiger partial charge is 0.130 e. The SMILES string of the molecule is CCOCCNc1cc(Br)nc(C)n1. The summed E-state index contributed by atoms with van der Waals surface area (Å²) >= 11 is 3.31. The van der Waals surface area contributed by atoms with E-state index in [2.05, 4.69) is 31.2 Å². The number of hydrogen-bond donors (Lipinski definition) is 1. The Kier molecular flexibility index (Phi) is 4.82. The maximum atomic E-state index is 5.20. The van der Waals surface area contributed by atoms with Crippen molar-refractivity contribution in [3.8, 4) is 0 Å². The number of aryl methyl sites for hydroxylation is 1. The highest BCUT2D eigenvalue weighted by atomic mass is 79.9. The monoisotopic (exact) mass is 259 g/mol. The predicted molar refractivity (Wildman–Crippen MR) is 59.5 cm³/mol. The molecule has 0 spiro atoms. The first-order valence-electron chi connectivity index (χ1n) is 4.55. The van der Waals surface area contributed by atoms with E-state index >= 15 is 0 Å². The largest absolute Gasteiger partial charge is 0.380 e. The average Bonchev–Trinajstić information content (AvgIpc) is 2.11.